The third-order valence-electron chi connectivity index (χ3n) is 12.2. The molecule has 3 nitrogen and oxygen atoms in total. The van der Waals surface area contributed by atoms with Crippen molar-refractivity contribution < 1.29 is 4.42 Å². The summed E-state index contributed by atoms with van der Waals surface area (Å²) in [4.78, 5) is 2.40. The Hall–Kier alpha value is -8.14. The number of rotatable bonds is 7. The van der Waals surface area contributed by atoms with Gasteiger partial charge in [-0.2, -0.15) is 0 Å². The molecule has 10 aromatic carbocycles. The van der Waals surface area contributed by atoms with Crippen molar-refractivity contribution in [3.63, 3.8) is 0 Å². The van der Waals surface area contributed by atoms with Crippen LogP contribution in [0.3, 0.4) is 0 Å². The first-order valence-electron chi connectivity index (χ1n) is 20.8. The molecule has 0 spiro atoms. The Morgan fingerprint density at radius 1 is 0.344 bits per heavy atom. The van der Waals surface area contributed by atoms with Crippen molar-refractivity contribution in [3.8, 4) is 39.1 Å². The molecule has 0 bridgehead atoms. The number of aromatic nitrogens is 1. The number of hydrogen-bond donors (Lipinski definition) is 0. The number of para-hydroxylation sites is 4. The van der Waals surface area contributed by atoms with Crippen LogP contribution >= 0.6 is 0 Å². The Balaban J connectivity index is 1.07. The van der Waals surface area contributed by atoms with Crippen molar-refractivity contribution in [3.05, 3.63) is 231 Å². The molecule has 0 atom stereocenters. The van der Waals surface area contributed by atoms with Crippen LogP contribution in [0.1, 0.15) is 0 Å². The van der Waals surface area contributed by atoms with Gasteiger partial charge in [0.25, 0.3) is 0 Å². The van der Waals surface area contributed by atoms with Gasteiger partial charge in [0.15, 0.2) is 0 Å². The van der Waals surface area contributed by atoms with Crippen LogP contribution in [-0.4, -0.2) is 4.57 Å². The Kier molecular flexibility index (Phi) is 8.17. The Morgan fingerprint density at radius 3 is 1.84 bits per heavy atom. The Morgan fingerprint density at radius 2 is 0.967 bits per heavy atom. The second-order valence-corrected chi connectivity index (χ2v) is 15.7. The van der Waals surface area contributed by atoms with Gasteiger partial charge in [0.05, 0.1) is 16.7 Å². The lowest BCUT2D eigenvalue weighted by atomic mass is 9.90. The molecule has 0 unspecified atom stereocenters. The lowest BCUT2D eigenvalue weighted by Gasteiger charge is -2.29. The highest BCUT2D eigenvalue weighted by molar-refractivity contribution is 6.12. The summed E-state index contributed by atoms with van der Waals surface area (Å²) in [5, 5.41) is 7.11. The number of furan rings is 1. The summed E-state index contributed by atoms with van der Waals surface area (Å²) in [6.07, 6.45) is 0. The summed E-state index contributed by atoms with van der Waals surface area (Å²) >= 11 is 0. The highest BCUT2D eigenvalue weighted by Gasteiger charge is 2.22. The van der Waals surface area contributed by atoms with Crippen molar-refractivity contribution in [2.24, 2.45) is 0 Å². The quantitative estimate of drug-likeness (QED) is 0.161. The van der Waals surface area contributed by atoms with Crippen LogP contribution in [0, 0.1) is 0 Å². The van der Waals surface area contributed by atoms with Crippen LogP contribution in [0.2, 0.25) is 0 Å². The van der Waals surface area contributed by atoms with Crippen molar-refractivity contribution in [1.82, 2.24) is 4.57 Å². The first kappa shape index (κ1) is 34.9. The largest absolute Gasteiger partial charge is 0.456 e. The van der Waals surface area contributed by atoms with Gasteiger partial charge in [-0.1, -0.05) is 158 Å². The predicted molar refractivity (Wildman–Crippen MR) is 257 cm³/mol. The van der Waals surface area contributed by atoms with Gasteiger partial charge >= 0.3 is 0 Å². The lowest BCUT2D eigenvalue weighted by molar-refractivity contribution is 0.669. The van der Waals surface area contributed by atoms with E-state index in [-0.39, 0.29) is 0 Å². The molecule has 0 aliphatic carbocycles. The smallest absolute Gasteiger partial charge is 0.137 e. The first-order valence-corrected chi connectivity index (χ1v) is 20.8. The second kappa shape index (κ2) is 14.3. The van der Waals surface area contributed by atoms with Gasteiger partial charge in [-0.25, -0.2) is 0 Å². The van der Waals surface area contributed by atoms with E-state index in [0.29, 0.717) is 0 Å². The summed E-state index contributed by atoms with van der Waals surface area (Å²) in [6.45, 7) is 0. The average Bonchev–Trinajstić information content (AvgIpc) is 3.87. The summed E-state index contributed by atoms with van der Waals surface area (Å²) < 4.78 is 8.90. The van der Waals surface area contributed by atoms with E-state index in [9.17, 15) is 0 Å². The molecule has 61 heavy (non-hydrogen) atoms. The standard InChI is InChI=1S/C58H38N2O/c1-3-16-39(17-4-1)46-27-14-18-40-19-15-28-51(58(40)46)47-24-7-10-29-53(47)59(45-33-34-50-49-26-9-12-31-56(49)61-57(50)38-45)44-23-13-20-41(36-44)42-32-35-55-52(37-42)48-25-8-11-30-54(48)60(55)43-21-5-2-6-22-43/h1-38H. The molecule has 12 aromatic rings. The van der Waals surface area contributed by atoms with E-state index >= 15 is 0 Å². The van der Waals surface area contributed by atoms with E-state index in [1.807, 2.05) is 12.1 Å². The van der Waals surface area contributed by atoms with Crippen molar-refractivity contribution >= 4 is 71.6 Å². The lowest BCUT2D eigenvalue weighted by Crippen LogP contribution is -2.11. The molecule has 2 aromatic heterocycles. The number of hydrogen-bond acceptors (Lipinski definition) is 2. The fourth-order valence-electron chi connectivity index (χ4n) is 9.43. The molecule has 0 fully saturated rings. The molecular formula is C58H38N2O. The number of fused-ring (bicyclic) bond motifs is 7. The molecule has 0 amide bonds. The monoisotopic (exact) mass is 778 g/mol. The predicted octanol–water partition coefficient (Wildman–Crippen LogP) is 16.3. The topological polar surface area (TPSA) is 21.3 Å². The van der Waals surface area contributed by atoms with Crippen LogP contribution in [0.15, 0.2) is 235 Å². The molecule has 286 valence electrons. The van der Waals surface area contributed by atoms with Gasteiger partial charge in [-0.15, -0.1) is 0 Å². The zero-order chi connectivity index (χ0) is 40.3. The summed E-state index contributed by atoms with van der Waals surface area (Å²) in [5.74, 6) is 0. The maximum atomic E-state index is 6.53. The van der Waals surface area contributed by atoms with E-state index in [4.69, 9.17) is 4.42 Å². The fourth-order valence-corrected chi connectivity index (χ4v) is 9.43. The van der Waals surface area contributed by atoms with E-state index in [1.54, 1.807) is 0 Å². The number of anilines is 3. The van der Waals surface area contributed by atoms with E-state index in [0.717, 1.165) is 61.4 Å². The van der Waals surface area contributed by atoms with Gasteiger partial charge in [-0.3, -0.25) is 0 Å². The Labute approximate surface area is 353 Å². The number of nitrogens with zero attached hydrogens (tertiary/aromatic N) is 2. The van der Waals surface area contributed by atoms with Crippen molar-refractivity contribution in [2.45, 2.75) is 0 Å². The zero-order valence-electron chi connectivity index (χ0n) is 33.2. The fraction of sp³-hybridized carbons (Fsp3) is 0. The zero-order valence-corrected chi connectivity index (χ0v) is 33.2. The summed E-state index contributed by atoms with van der Waals surface area (Å²) in [6, 6.07) is 83.0. The van der Waals surface area contributed by atoms with Gasteiger partial charge in [0.1, 0.15) is 11.2 Å². The molecule has 0 saturated carbocycles. The van der Waals surface area contributed by atoms with Crippen LogP contribution in [0.25, 0.3) is 93.6 Å². The summed E-state index contributed by atoms with van der Waals surface area (Å²) in [5.41, 5.74) is 15.4. The highest BCUT2D eigenvalue weighted by atomic mass is 16.3. The molecule has 0 aliphatic rings. The first-order chi connectivity index (χ1) is 30.3. The van der Waals surface area contributed by atoms with Crippen molar-refractivity contribution in [1.29, 1.82) is 0 Å². The molecule has 12 rings (SSSR count). The molecule has 0 saturated heterocycles. The maximum absolute atomic E-state index is 6.53. The molecule has 0 N–H and O–H groups in total. The highest BCUT2D eigenvalue weighted by Crippen LogP contribution is 2.46. The SMILES string of the molecule is c1ccc(-c2cccc3cccc(-c4ccccc4N(c4cccc(-c5ccc6c(c5)c5ccccc5n6-c5ccccc5)c4)c4ccc5c(c4)oc4ccccc45)c23)cc1. The van der Waals surface area contributed by atoms with Gasteiger partial charge in [-0.05, 0) is 105 Å². The molecule has 0 radical (unpaired) electrons. The van der Waals surface area contributed by atoms with Crippen LogP contribution in [0.5, 0.6) is 0 Å². The third kappa shape index (κ3) is 5.82. The Bertz CT molecular complexity index is 3590. The van der Waals surface area contributed by atoms with Crippen LogP contribution < -0.4 is 4.90 Å². The van der Waals surface area contributed by atoms with Gasteiger partial charge < -0.3 is 13.9 Å². The minimum Gasteiger partial charge on any atom is -0.456 e. The third-order valence-corrected chi connectivity index (χ3v) is 12.2. The summed E-state index contributed by atoms with van der Waals surface area (Å²) in [7, 11) is 0. The van der Waals surface area contributed by atoms with Crippen LogP contribution in [0.4, 0.5) is 17.1 Å². The van der Waals surface area contributed by atoms with E-state index in [2.05, 4.69) is 228 Å². The minimum absolute atomic E-state index is 0.856. The molecule has 0 aliphatic heterocycles. The van der Waals surface area contributed by atoms with E-state index < -0.39 is 0 Å². The molecule has 2 heterocycles. The van der Waals surface area contributed by atoms with E-state index in [1.165, 1.54) is 49.3 Å². The average molecular weight is 779 g/mol. The molecule has 3 heteroatoms. The number of benzene rings is 10. The van der Waals surface area contributed by atoms with Crippen LogP contribution in [-0.2, 0) is 0 Å². The second-order valence-electron chi connectivity index (χ2n) is 15.7. The van der Waals surface area contributed by atoms with Gasteiger partial charge in [0, 0.05) is 50.2 Å². The minimum atomic E-state index is 0.856. The van der Waals surface area contributed by atoms with Gasteiger partial charge in [0.2, 0.25) is 0 Å². The van der Waals surface area contributed by atoms with Crippen molar-refractivity contribution in [2.75, 3.05) is 4.90 Å². The normalized spacial score (nSPS) is 11.6. The maximum Gasteiger partial charge on any atom is 0.137 e. The molecular weight excluding hydrogens is 741 g/mol.